The first-order chi connectivity index (χ1) is 12.3. The number of rotatable bonds is 5. The van der Waals surface area contributed by atoms with E-state index in [2.05, 4.69) is 21.3 Å². The molecule has 1 amide bonds. The van der Waals surface area contributed by atoms with Crippen LogP contribution in [0.2, 0.25) is 0 Å². The predicted molar refractivity (Wildman–Crippen MR) is 95.1 cm³/mol. The molecular weight excluding hydrogens is 316 g/mol. The van der Waals surface area contributed by atoms with E-state index in [1.165, 1.54) is 0 Å². The molecule has 1 aliphatic rings. The van der Waals surface area contributed by atoms with Gasteiger partial charge in [-0.15, -0.1) is 0 Å². The number of fused-ring (bicyclic) bond motifs is 1. The Morgan fingerprint density at radius 1 is 1.24 bits per heavy atom. The van der Waals surface area contributed by atoms with Crippen molar-refractivity contribution in [1.82, 2.24) is 20.2 Å². The van der Waals surface area contributed by atoms with E-state index in [4.69, 9.17) is 9.40 Å². The summed E-state index contributed by atoms with van der Waals surface area (Å²) in [6, 6.07) is 11.8. The van der Waals surface area contributed by atoms with Crippen molar-refractivity contribution < 1.29 is 9.21 Å². The smallest absolute Gasteiger partial charge is 0.234 e. The highest BCUT2D eigenvalue weighted by molar-refractivity contribution is 5.78. The summed E-state index contributed by atoms with van der Waals surface area (Å²) >= 11 is 0. The average molecular weight is 338 g/mol. The van der Waals surface area contributed by atoms with Gasteiger partial charge in [-0.05, 0) is 50.2 Å². The van der Waals surface area contributed by atoms with E-state index in [0.717, 1.165) is 48.5 Å². The molecule has 6 nitrogen and oxygen atoms in total. The summed E-state index contributed by atoms with van der Waals surface area (Å²) in [5.74, 6) is 2.33. The molecule has 1 saturated heterocycles. The number of likely N-dealkylation sites (tertiary alicyclic amines) is 1. The number of carbonyl (C=O) groups is 1. The molecule has 1 fully saturated rings. The summed E-state index contributed by atoms with van der Waals surface area (Å²) in [4.78, 5) is 22.4. The second-order valence-corrected chi connectivity index (χ2v) is 6.55. The lowest BCUT2D eigenvalue weighted by atomic mass is 9.96. The summed E-state index contributed by atoms with van der Waals surface area (Å²) in [6.45, 7) is 2.71. The molecule has 3 aromatic rings. The van der Waals surface area contributed by atoms with Gasteiger partial charge in [-0.3, -0.25) is 9.69 Å². The van der Waals surface area contributed by atoms with E-state index in [1.807, 2.05) is 30.3 Å². The molecule has 0 unspecified atom stereocenters. The minimum Gasteiger partial charge on any atom is -0.467 e. The van der Waals surface area contributed by atoms with Gasteiger partial charge < -0.3 is 14.7 Å². The third-order valence-electron chi connectivity index (χ3n) is 4.79. The van der Waals surface area contributed by atoms with Gasteiger partial charge in [-0.2, -0.15) is 0 Å². The molecule has 2 aromatic heterocycles. The molecule has 1 aliphatic heterocycles. The van der Waals surface area contributed by atoms with E-state index in [1.54, 1.807) is 6.26 Å². The minimum atomic E-state index is 0.0404. The second-order valence-electron chi connectivity index (χ2n) is 6.55. The SMILES string of the molecule is O=C(CN1CCC(c2nc3ccccc3[nH]2)CC1)NCc1ccco1. The number of furan rings is 1. The van der Waals surface area contributed by atoms with Crippen LogP contribution in [0.5, 0.6) is 0 Å². The Balaban J connectivity index is 1.27. The zero-order valence-corrected chi connectivity index (χ0v) is 14.1. The highest BCUT2D eigenvalue weighted by atomic mass is 16.3. The zero-order valence-electron chi connectivity index (χ0n) is 14.1. The molecule has 6 heteroatoms. The van der Waals surface area contributed by atoms with Crippen LogP contribution in [0.15, 0.2) is 47.1 Å². The van der Waals surface area contributed by atoms with E-state index >= 15 is 0 Å². The monoisotopic (exact) mass is 338 g/mol. The number of nitrogens with one attached hydrogen (secondary N) is 2. The number of carbonyl (C=O) groups excluding carboxylic acids is 1. The lowest BCUT2D eigenvalue weighted by Crippen LogP contribution is -2.41. The van der Waals surface area contributed by atoms with Gasteiger partial charge in [-0.1, -0.05) is 12.1 Å². The minimum absolute atomic E-state index is 0.0404. The molecule has 4 rings (SSSR count). The highest BCUT2D eigenvalue weighted by Crippen LogP contribution is 2.27. The average Bonchev–Trinajstić information content (AvgIpc) is 3.30. The Bertz CT molecular complexity index is 799. The van der Waals surface area contributed by atoms with Crippen LogP contribution in [0.25, 0.3) is 11.0 Å². The molecule has 3 heterocycles. The van der Waals surface area contributed by atoms with Gasteiger partial charge in [0.05, 0.1) is 30.4 Å². The maximum atomic E-state index is 12.1. The summed E-state index contributed by atoms with van der Waals surface area (Å²) in [5, 5.41) is 2.90. The summed E-state index contributed by atoms with van der Waals surface area (Å²) in [6.07, 6.45) is 3.65. The van der Waals surface area contributed by atoms with Crippen molar-refractivity contribution in [3.05, 3.63) is 54.2 Å². The molecule has 2 N–H and O–H groups in total. The van der Waals surface area contributed by atoms with Gasteiger partial charge in [0, 0.05) is 5.92 Å². The van der Waals surface area contributed by atoms with Gasteiger partial charge in [0.1, 0.15) is 11.6 Å². The maximum Gasteiger partial charge on any atom is 0.234 e. The van der Waals surface area contributed by atoms with Crippen molar-refractivity contribution in [3.63, 3.8) is 0 Å². The van der Waals surface area contributed by atoms with Crippen LogP contribution in [-0.4, -0.2) is 40.4 Å². The van der Waals surface area contributed by atoms with E-state index in [9.17, 15) is 4.79 Å². The predicted octanol–water partition coefficient (Wildman–Crippen LogP) is 2.65. The molecule has 0 atom stereocenters. The molecule has 1 aromatic carbocycles. The number of hydrogen-bond acceptors (Lipinski definition) is 4. The first-order valence-corrected chi connectivity index (χ1v) is 8.74. The van der Waals surface area contributed by atoms with Gasteiger partial charge in [0.2, 0.25) is 5.91 Å². The largest absolute Gasteiger partial charge is 0.467 e. The van der Waals surface area contributed by atoms with Crippen LogP contribution in [0.4, 0.5) is 0 Å². The summed E-state index contributed by atoms with van der Waals surface area (Å²) in [5.41, 5.74) is 2.12. The van der Waals surface area contributed by atoms with Crippen molar-refractivity contribution in [2.75, 3.05) is 19.6 Å². The Labute approximate surface area is 146 Å². The molecule has 130 valence electrons. The van der Waals surface area contributed by atoms with Crippen molar-refractivity contribution in [2.45, 2.75) is 25.3 Å². The number of aromatic amines is 1. The number of imidazole rings is 1. The number of piperidine rings is 1. The normalized spacial score (nSPS) is 16.3. The fourth-order valence-electron chi connectivity index (χ4n) is 3.39. The van der Waals surface area contributed by atoms with E-state index in [0.29, 0.717) is 19.0 Å². The molecule has 0 bridgehead atoms. The third kappa shape index (κ3) is 3.74. The Morgan fingerprint density at radius 3 is 2.84 bits per heavy atom. The highest BCUT2D eigenvalue weighted by Gasteiger charge is 2.24. The fourth-order valence-corrected chi connectivity index (χ4v) is 3.39. The molecule has 0 aliphatic carbocycles. The van der Waals surface area contributed by atoms with Gasteiger partial charge in [-0.25, -0.2) is 4.98 Å². The van der Waals surface area contributed by atoms with Crippen LogP contribution < -0.4 is 5.32 Å². The van der Waals surface area contributed by atoms with Crippen LogP contribution >= 0.6 is 0 Å². The van der Waals surface area contributed by atoms with Gasteiger partial charge in [0.15, 0.2) is 0 Å². The number of para-hydroxylation sites is 2. The van der Waals surface area contributed by atoms with Crippen molar-refractivity contribution in [1.29, 1.82) is 0 Å². The summed E-state index contributed by atoms with van der Waals surface area (Å²) in [7, 11) is 0. The Morgan fingerprint density at radius 2 is 2.08 bits per heavy atom. The number of aromatic nitrogens is 2. The molecular formula is C19H22N4O2. The molecule has 25 heavy (non-hydrogen) atoms. The first kappa shape index (κ1) is 15.9. The lowest BCUT2D eigenvalue weighted by molar-refractivity contribution is -0.122. The Hall–Kier alpha value is -2.60. The summed E-state index contributed by atoms with van der Waals surface area (Å²) < 4.78 is 5.22. The first-order valence-electron chi connectivity index (χ1n) is 8.74. The second kappa shape index (κ2) is 7.11. The number of H-pyrrole nitrogens is 1. The van der Waals surface area contributed by atoms with Gasteiger partial charge >= 0.3 is 0 Å². The van der Waals surface area contributed by atoms with E-state index < -0.39 is 0 Å². The van der Waals surface area contributed by atoms with Crippen molar-refractivity contribution in [3.8, 4) is 0 Å². The van der Waals surface area contributed by atoms with Crippen LogP contribution in [0.3, 0.4) is 0 Å². The number of amides is 1. The van der Waals surface area contributed by atoms with Crippen molar-refractivity contribution >= 4 is 16.9 Å². The molecule has 0 radical (unpaired) electrons. The topological polar surface area (TPSA) is 74.2 Å². The quantitative estimate of drug-likeness (QED) is 0.750. The van der Waals surface area contributed by atoms with Crippen LogP contribution in [0, 0.1) is 0 Å². The zero-order chi connectivity index (χ0) is 17.1. The number of benzene rings is 1. The molecule has 0 spiro atoms. The van der Waals surface area contributed by atoms with Crippen LogP contribution in [0.1, 0.15) is 30.3 Å². The molecule has 0 saturated carbocycles. The number of hydrogen-bond donors (Lipinski definition) is 2. The lowest BCUT2D eigenvalue weighted by Gasteiger charge is -2.30. The van der Waals surface area contributed by atoms with E-state index in [-0.39, 0.29) is 5.91 Å². The van der Waals surface area contributed by atoms with Crippen molar-refractivity contribution in [2.24, 2.45) is 0 Å². The third-order valence-corrected chi connectivity index (χ3v) is 4.79. The Kier molecular flexibility index (Phi) is 4.52. The van der Waals surface area contributed by atoms with Gasteiger partial charge in [0.25, 0.3) is 0 Å². The fraction of sp³-hybridized carbons (Fsp3) is 0.368. The maximum absolute atomic E-state index is 12.1. The van der Waals surface area contributed by atoms with Crippen LogP contribution in [-0.2, 0) is 11.3 Å². The standard InChI is InChI=1S/C19H22N4O2/c24-18(20-12-15-4-3-11-25-15)13-23-9-7-14(8-10-23)19-21-16-5-1-2-6-17(16)22-19/h1-6,11,14H,7-10,12-13H2,(H,20,24)(H,21,22). The number of nitrogens with zero attached hydrogens (tertiary/aromatic N) is 2.